The van der Waals surface area contributed by atoms with Gasteiger partial charge in [-0.05, 0) is 40.5 Å². The monoisotopic (exact) mass is 252 g/mol. The van der Waals surface area contributed by atoms with Gasteiger partial charge >= 0.3 is 0 Å². The molecule has 6 nitrogen and oxygen atoms in total. The fourth-order valence-electron chi connectivity index (χ4n) is 2.24. The highest BCUT2D eigenvalue weighted by atomic mass is 16.5. The van der Waals surface area contributed by atoms with Crippen LogP contribution in [0.3, 0.4) is 0 Å². The van der Waals surface area contributed by atoms with Crippen LogP contribution >= 0.6 is 0 Å². The highest BCUT2D eigenvalue weighted by Gasteiger charge is 2.37. The number of hydrogen-bond acceptors (Lipinski definition) is 3. The molecule has 1 radical (unpaired) electrons. The fraction of sp³-hybridized carbons (Fsp3) is 0.833. The normalized spacial score (nSPS) is 30.8. The van der Waals surface area contributed by atoms with Crippen molar-refractivity contribution >= 4 is 11.7 Å². The van der Waals surface area contributed by atoms with E-state index in [-0.39, 0.29) is 0 Å². The third-order valence-corrected chi connectivity index (χ3v) is 3.77. The Morgan fingerprint density at radius 3 is 1.94 bits per heavy atom. The summed E-state index contributed by atoms with van der Waals surface area (Å²) in [5.41, 5.74) is -0.823. The molecule has 0 unspecified atom stereocenters. The van der Waals surface area contributed by atoms with Gasteiger partial charge in [-0.15, -0.1) is 10.2 Å². The highest BCUT2D eigenvalue weighted by Crippen LogP contribution is 2.30. The number of nitrogens with zero attached hydrogens (tertiary/aromatic N) is 4. The van der Waals surface area contributed by atoms with Gasteiger partial charge in [0, 0.05) is 18.4 Å². The van der Waals surface area contributed by atoms with Crippen LogP contribution in [0.2, 0.25) is 0 Å². The Morgan fingerprint density at radius 1 is 1.00 bits per heavy atom. The van der Waals surface area contributed by atoms with Crippen molar-refractivity contribution in [3.63, 3.8) is 0 Å². The molecule has 2 saturated heterocycles. The zero-order valence-electron chi connectivity index (χ0n) is 11.4. The second kappa shape index (κ2) is 4.20. The molecule has 0 aliphatic carbocycles. The maximum atomic E-state index is 11.9. The van der Waals surface area contributed by atoms with Crippen LogP contribution in [0.25, 0.3) is 0 Å². The molecule has 2 heterocycles. The minimum absolute atomic E-state index is 0.412. The summed E-state index contributed by atoms with van der Waals surface area (Å²) in [6, 6.07) is 0. The van der Waals surface area contributed by atoms with E-state index in [1.807, 2.05) is 27.7 Å². The van der Waals surface area contributed by atoms with E-state index in [2.05, 4.69) is 10.2 Å². The SMILES string of the molecule is CC1(C)CCC(=NN=C2CCC(C)(C)N2[O-])N1[O]. The second-order valence-corrected chi connectivity index (χ2v) is 6.25. The lowest BCUT2D eigenvalue weighted by Gasteiger charge is -2.38. The van der Waals surface area contributed by atoms with Crippen molar-refractivity contribution in [2.45, 2.75) is 64.5 Å². The molecule has 2 rings (SSSR count). The topological polar surface area (TPSA) is 74.2 Å². The predicted octanol–water partition coefficient (Wildman–Crippen LogP) is 2.29. The van der Waals surface area contributed by atoms with E-state index in [9.17, 15) is 10.4 Å². The standard InChI is InChI=1S/C12H20N4O2/c1-11(2)7-5-9(15(11)17)13-14-10-6-8-12(3,4)16(10)18/h5-8H2,1-4H3/q-1. The third-order valence-electron chi connectivity index (χ3n) is 3.77. The minimum atomic E-state index is -0.412. The molecule has 0 spiro atoms. The van der Waals surface area contributed by atoms with E-state index < -0.39 is 11.1 Å². The van der Waals surface area contributed by atoms with Crippen LogP contribution in [0.15, 0.2) is 10.2 Å². The summed E-state index contributed by atoms with van der Waals surface area (Å²) < 4.78 is 0. The van der Waals surface area contributed by atoms with Crippen molar-refractivity contribution in [3.8, 4) is 0 Å². The molecule has 0 amide bonds. The molecule has 0 saturated carbocycles. The van der Waals surface area contributed by atoms with E-state index in [4.69, 9.17) is 0 Å². The van der Waals surface area contributed by atoms with Crippen LogP contribution in [0.4, 0.5) is 0 Å². The molecule has 0 aromatic carbocycles. The van der Waals surface area contributed by atoms with E-state index in [1.54, 1.807) is 0 Å². The first-order valence-corrected chi connectivity index (χ1v) is 6.32. The summed E-state index contributed by atoms with van der Waals surface area (Å²) in [6.07, 6.45) is 2.78. The van der Waals surface area contributed by atoms with Crippen molar-refractivity contribution < 1.29 is 5.21 Å². The maximum absolute atomic E-state index is 11.9. The second-order valence-electron chi connectivity index (χ2n) is 6.25. The molecule has 2 aliphatic heterocycles. The zero-order chi connectivity index (χ0) is 13.6. The van der Waals surface area contributed by atoms with Crippen LogP contribution in [-0.2, 0) is 5.21 Å². The van der Waals surface area contributed by atoms with Gasteiger partial charge < -0.3 is 10.3 Å². The summed E-state index contributed by atoms with van der Waals surface area (Å²) in [7, 11) is 0. The van der Waals surface area contributed by atoms with Gasteiger partial charge in [-0.25, -0.2) is 0 Å². The largest absolute Gasteiger partial charge is 0.757 e. The highest BCUT2D eigenvalue weighted by molar-refractivity contribution is 5.88. The number of hydrogen-bond donors (Lipinski definition) is 0. The minimum Gasteiger partial charge on any atom is -0.757 e. The van der Waals surface area contributed by atoms with Crippen molar-refractivity contribution in [3.05, 3.63) is 5.21 Å². The molecule has 2 aliphatic rings. The molecule has 18 heavy (non-hydrogen) atoms. The smallest absolute Gasteiger partial charge is 0.155 e. The average molecular weight is 252 g/mol. The lowest BCUT2D eigenvalue weighted by atomic mass is 10.0. The summed E-state index contributed by atoms with van der Waals surface area (Å²) in [5.74, 6) is 0.844. The Hall–Kier alpha value is -1.14. The van der Waals surface area contributed by atoms with Crippen LogP contribution in [0, 0.1) is 5.21 Å². The quantitative estimate of drug-likeness (QED) is 0.672. The average Bonchev–Trinajstić information content (AvgIpc) is 2.68. The van der Waals surface area contributed by atoms with E-state index >= 15 is 0 Å². The van der Waals surface area contributed by atoms with Crippen molar-refractivity contribution in [1.29, 1.82) is 0 Å². The van der Waals surface area contributed by atoms with Crippen molar-refractivity contribution in [1.82, 2.24) is 10.1 Å². The lowest BCUT2D eigenvalue weighted by molar-refractivity contribution is -0.143. The van der Waals surface area contributed by atoms with Gasteiger partial charge in [0.1, 0.15) is 5.84 Å². The van der Waals surface area contributed by atoms with Gasteiger partial charge in [0.25, 0.3) is 0 Å². The number of amidine groups is 2. The van der Waals surface area contributed by atoms with E-state index in [0.29, 0.717) is 24.5 Å². The van der Waals surface area contributed by atoms with E-state index in [0.717, 1.165) is 23.0 Å². The first-order chi connectivity index (χ1) is 8.24. The predicted molar refractivity (Wildman–Crippen MR) is 69.2 cm³/mol. The van der Waals surface area contributed by atoms with Crippen LogP contribution in [0.5, 0.6) is 0 Å². The van der Waals surface area contributed by atoms with Gasteiger partial charge in [-0.2, -0.15) is 5.06 Å². The molecule has 0 N–H and O–H groups in total. The number of hydroxylamine groups is 4. The molecule has 0 atom stereocenters. The Morgan fingerprint density at radius 2 is 1.50 bits per heavy atom. The van der Waals surface area contributed by atoms with Gasteiger partial charge in [0.2, 0.25) is 0 Å². The molecular weight excluding hydrogens is 232 g/mol. The lowest BCUT2D eigenvalue weighted by Crippen LogP contribution is -2.37. The first-order valence-electron chi connectivity index (χ1n) is 6.32. The molecular formula is C12H20N4O2-. The van der Waals surface area contributed by atoms with Crippen LogP contribution in [0.1, 0.15) is 53.4 Å². The molecule has 101 valence electrons. The Balaban J connectivity index is 2.13. The summed E-state index contributed by atoms with van der Waals surface area (Å²) in [5, 5.41) is 33.5. The third kappa shape index (κ3) is 2.22. The maximum Gasteiger partial charge on any atom is 0.155 e. The van der Waals surface area contributed by atoms with Gasteiger partial charge in [0.05, 0.1) is 5.54 Å². The molecule has 2 fully saturated rings. The van der Waals surface area contributed by atoms with Crippen molar-refractivity contribution in [2.75, 3.05) is 0 Å². The summed E-state index contributed by atoms with van der Waals surface area (Å²) >= 11 is 0. The molecule has 0 aromatic heterocycles. The Kier molecular flexibility index (Phi) is 3.11. The molecule has 6 heteroatoms. The first kappa shape index (κ1) is 13.3. The van der Waals surface area contributed by atoms with Crippen LogP contribution < -0.4 is 0 Å². The van der Waals surface area contributed by atoms with E-state index in [1.165, 1.54) is 0 Å². The van der Waals surface area contributed by atoms with Crippen molar-refractivity contribution in [2.24, 2.45) is 10.2 Å². The molecule has 0 bridgehead atoms. The Labute approximate surface area is 108 Å². The Bertz CT molecular complexity index is 363. The summed E-state index contributed by atoms with van der Waals surface area (Å²) in [6.45, 7) is 7.53. The van der Waals surface area contributed by atoms with Crippen LogP contribution in [-0.4, -0.2) is 32.9 Å². The van der Waals surface area contributed by atoms with Gasteiger partial charge in [-0.3, -0.25) is 0 Å². The number of rotatable bonds is 1. The zero-order valence-corrected chi connectivity index (χ0v) is 11.4. The van der Waals surface area contributed by atoms with Gasteiger partial charge in [-0.1, -0.05) is 5.21 Å². The molecule has 0 aromatic rings. The fourth-order valence-corrected chi connectivity index (χ4v) is 2.24. The summed E-state index contributed by atoms with van der Waals surface area (Å²) in [4.78, 5) is 0. The van der Waals surface area contributed by atoms with Gasteiger partial charge in [0.15, 0.2) is 5.84 Å².